The minimum atomic E-state index is -0.263. The van der Waals surface area contributed by atoms with Crippen molar-refractivity contribution >= 4 is 17.8 Å². The molecule has 0 aromatic carbocycles. The van der Waals surface area contributed by atoms with E-state index in [0.29, 0.717) is 0 Å². The molecule has 0 radical (unpaired) electrons. The SMILES string of the molecule is CNC(=O)NC1=CC(C2CC=CC(NC(=O)N3CCCC3)=C2C)Cn2ccnc21. The smallest absolute Gasteiger partial charge is 0.321 e. The standard InChI is InChI=1S/C21H28N6O2/c1-14-16(6-5-7-17(14)25-21(29)26-9-3-4-10-26)15-12-18(24-20(28)22-2)19-23-8-11-27(19)13-15/h5,7-8,11-12,15-16H,3-4,6,9-10,13H2,1-2H3,(H,25,29)(H2,22,24,28). The van der Waals surface area contributed by atoms with Crippen LogP contribution in [0.2, 0.25) is 0 Å². The Labute approximate surface area is 170 Å². The van der Waals surface area contributed by atoms with Crippen molar-refractivity contribution < 1.29 is 9.59 Å². The molecule has 1 saturated heterocycles. The average Bonchev–Trinajstić information content (AvgIpc) is 3.41. The second-order valence-electron chi connectivity index (χ2n) is 7.82. The van der Waals surface area contributed by atoms with E-state index in [2.05, 4.69) is 44.6 Å². The maximum absolute atomic E-state index is 12.5. The lowest BCUT2D eigenvalue weighted by molar-refractivity contribution is 0.211. The number of carbonyl (C=O) groups is 2. The quantitative estimate of drug-likeness (QED) is 0.733. The van der Waals surface area contributed by atoms with Gasteiger partial charge in [-0.05, 0) is 43.8 Å². The van der Waals surface area contributed by atoms with Gasteiger partial charge in [-0.1, -0.05) is 12.2 Å². The van der Waals surface area contributed by atoms with Crippen LogP contribution in [-0.4, -0.2) is 46.7 Å². The van der Waals surface area contributed by atoms with Crippen molar-refractivity contribution in [1.29, 1.82) is 0 Å². The molecule has 8 heteroatoms. The van der Waals surface area contributed by atoms with Gasteiger partial charge in [-0.15, -0.1) is 0 Å². The van der Waals surface area contributed by atoms with Crippen LogP contribution in [0.5, 0.6) is 0 Å². The highest BCUT2D eigenvalue weighted by molar-refractivity contribution is 5.84. The molecule has 4 rings (SSSR count). The van der Waals surface area contributed by atoms with Crippen LogP contribution < -0.4 is 16.0 Å². The summed E-state index contributed by atoms with van der Waals surface area (Å²) < 4.78 is 2.07. The summed E-state index contributed by atoms with van der Waals surface area (Å²) in [6, 6.07) is -0.277. The monoisotopic (exact) mass is 396 g/mol. The van der Waals surface area contributed by atoms with E-state index < -0.39 is 0 Å². The number of nitrogens with zero attached hydrogens (tertiary/aromatic N) is 3. The van der Waals surface area contributed by atoms with E-state index in [1.165, 1.54) is 5.57 Å². The van der Waals surface area contributed by atoms with Gasteiger partial charge in [-0.3, -0.25) is 0 Å². The van der Waals surface area contributed by atoms with Gasteiger partial charge in [0.2, 0.25) is 0 Å². The molecule has 3 N–H and O–H groups in total. The van der Waals surface area contributed by atoms with Gasteiger partial charge >= 0.3 is 12.1 Å². The van der Waals surface area contributed by atoms with Crippen LogP contribution in [0.15, 0.2) is 41.9 Å². The van der Waals surface area contributed by atoms with Crippen molar-refractivity contribution in [2.45, 2.75) is 32.7 Å². The minimum Gasteiger partial charge on any atom is -0.341 e. The molecule has 1 aliphatic carbocycles. The number of aromatic nitrogens is 2. The average molecular weight is 396 g/mol. The summed E-state index contributed by atoms with van der Waals surface area (Å²) >= 11 is 0. The number of urea groups is 2. The van der Waals surface area contributed by atoms with Crippen molar-refractivity contribution in [3.05, 3.63) is 47.7 Å². The van der Waals surface area contributed by atoms with Crippen molar-refractivity contribution in [3.8, 4) is 0 Å². The van der Waals surface area contributed by atoms with E-state index in [-0.39, 0.29) is 23.9 Å². The second kappa shape index (κ2) is 8.14. The molecule has 3 heterocycles. The van der Waals surface area contributed by atoms with E-state index in [4.69, 9.17) is 0 Å². The number of nitrogens with one attached hydrogen (secondary N) is 3. The molecule has 29 heavy (non-hydrogen) atoms. The molecular weight excluding hydrogens is 368 g/mol. The van der Waals surface area contributed by atoms with Crippen LogP contribution >= 0.6 is 0 Å². The molecule has 2 aliphatic heterocycles. The summed E-state index contributed by atoms with van der Waals surface area (Å²) in [7, 11) is 1.59. The van der Waals surface area contributed by atoms with Crippen LogP contribution in [-0.2, 0) is 6.54 Å². The van der Waals surface area contributed by atoms with Crippen molar-refractivity contribution in [2.75, 3.05) is 20.1 Å². The third-order valence-corrected chi connectivity index (χ3v) is 6.03. The van der Waals surface area contributed by atoms with Gasteiger partial charge in [0.1, 0.15) is 0 Å². The maximum Gasteiger partial charge on any atom is 0.321 e. The summed E-state index contributed by atoms with van der Waals surface area (Å²) in [4.78, 5) is 30.7. The normalized spacial score (nSPS) is 23.5. The third kappa shape index (κ3) is 3.92. The molecule has 1 aromatic rings. The zero-order chi connectivity index (χ0) is 20.4. The van der Waals surface area contributed by atoms with Gasteiger partial charge in [0.25, 0.3) is 0 Å². The summed E-state index contributed by atoms with van der Waals surface area (Å²) in [5.41, 5.74) is 2.78. The predicted octanol–water partition coefficient (Wildman–Crippen LogP) is 2.44. The molecule has 1 aromatic heterocycles. The molecule has 8 nitrogen and oxygen atoms in total. The molecule has 0 saturated carbocycles. The number of rotatable bonds is 3. The van der Waals surface area contributed by atoms with E-state index in [0.717, 1.165) is 56.1 Å². The van der Waals surface area contributed by atoms with E-state index in [1.807, 2.05) is 17.2 Å². The number of allylic oxidation sites excluding steroid dienone is 4. The largest absolute Gasteiger partial charge is 0.341 e. The molecule has 1 fully saturated rings. The van der Waals surface area contributed by atoms with E-state index in [9.17, 15) is 9.59 Å². The number of fused-ring (bicyclic) bond motifs is 1. The molecule has 154 valence electrons. The van der Waals surface area contributed by atoms with Crippen molar-refractivity contribution in [3.63, 3.8) is 0 Å². The Morgan fingerprint density at radius 3 is 2.76 bits per heavy atom. The molecule has 2 unspecified atom stereocenters. The summed E-state index contributed by atoms with van der Waals surface area (Å²) in [6.45, 7) is 4.54. The Kier molecular flexibility index (Phi) is 5.42. The van der Waals surface area contributed by atoms with Gasteiger partial charge in [0.05, 0.1) is 5.70 Å². The second-order valence-corrected chi connectivity index (χ2v) is 7.82. The van der Waals surface area contributed by atoms with Crippen molar-refractivity contribution in [2.24, 2.45) is 11.8 Å². The molecule has 2 atom stereocenters. The first-order valence-electron chi connectivity index (χ1n) is 10.2. The van der Waals surface area contributed by atoms with E-state index in [1.54, 1.807) is 13.2 Å². The van der Waals surface area contributed by atoms with Crippen molar-refractivity contribution in [1.82, 2.24) is 30.4 Å². The number of hydrogen-bond donors (Lipinski definition) is 3. The topological polar surface area (TPSA) is 91.3 Å². The summed E-state index contributed by atoms with van der Waals surface area (Å²) in [5.74, 6) is 1.19. The van der Waals surface area contributed by atoms with E-state index >= 15 is 0 Å². The lowest BCUT2D eigenvalue weighted by atomic mass is 9.79. The van der Waals surface area contributed by atoms with Gasteiger partial charge in [0, 0.05) is 50.7 Å². The van der Waals surface area contributed by atoms with Crippen LogP contribution in [0.1, 0.15) is 32.0 Å². The Morgan fingerprint density at radius 1 is 1.21 bits per heavy atom. The minimum absolute atomic E-state index is 0.0137. The summed E-state index contributed by atoms with van der Waals surface area (Å²) in [6.07, 6.45) is 13.0. The number of likely N-dealkylation sites (tertiary alicyclic amines) is 1. The first-order valence-corrected chi connectivity index (χ1v) is 10.2. The van der Waals surface area contributed by atoms with Crippen LogP contribution in [0.25, 0.3) is 5.70 Å². The Bertz CT molecular complexity index is 891. The van der Waals surface area contributed by atoms with Crippen LogP contribution in [0, 0.1) is 11.8 Å². The Balaban J connectivity index is 1.55. The molecular formula is C21H28N6O2. The summed E-state index contributed by atoms with van der Waals surface area (Å²) in [5, 5.41) is 8.59. The highest BCUT2D eigenvalue weighted by Crippen LogP contribution is 2.36. The highest BCUT2D eigenvalue weighted by Gasteiger charge is 2.30. The predicted molar refractivity (Wildman–Crippen MR) is 111 cm³/mol. The van der Waals surface area contributed by atoms with Gasteiger partial charge in [-0.2, -0.15) is 0 Å². The molecule has 3 aliphatic rings. The zero-order valence-electron chi connectivity index (χ0n) is 16.9. The number of carbonyl (C=O) groups excluding carboxylic acids is 2. The lowest BCUT2D eigenvalue weighted by Crippen LogP contribution is -2.39. The Hall–Kier alpha value is -3.03. The molecule has 0 bridgehead atoms. The van der Waals surface area contributed by atoms with Gasteiger partial charge in [-0.25, -0.2) is 14.6 Å². The molecule has 4 amide bonds. The third-order valence-electron chi connectivity index (χ3n) is 6.03. The fourth-order valence-electron chi connectivity index (χ4n) is 4.39. The fraction of sp³-hybridized carbons (Fsp3) is 0.476. The number of amides is 4. The first-order chi connectivity index (χ1) is 14.1. The number of hydrogen-bond acceptors (Lipinski definition) is 3. The Morgan fingerprint density at radius 2 is 2.00 bits per heavy atom. The van der Waals surface area contributed by atoms with Gasteiger partial charge < -0.3 is 25.4 Å². The van der Waals surface area contributed by atoms with Crippen LogP contribution in [0.4, 0.5) is 9.59 Å². The maximum atomic E-state index is 12.5. The molecule has 0 spiro atoms. The highest BCUT2D eigenvalue weighted by atomic mass is 16.2. The van der Waals surface area contributed by atoms with Crippen LogP contribution in [0.3, 0.4) is 0 Å². The first kappa shape index (κ1) is 19.3. The zero-order valence-corrected chi connectivity index (χ0v) is 16.9. The van der Waals surface area contributed by atoms with Gasteiger partial charge in [0.15, 0.2) is 5.82 Å². The lowest BCUT2D eigenvalue weighted by Gasteiger charge is -2.33. The number of imidazole rings is 1. The fourth-order valence-corrected chi connectivity index (χ4v) is 4.39.